The van der Waals surface area contributed by atoms with Crippen LogP contribution in [-0.4, -0.2) is 30.5 Å². The standard InChI is InChI=1S/C14H20N2O3S/c1-8(10-4-5-10)13(17)15-7-6-11-16-12(9(2)20-11)14(18)19-3/h8,10H,4-7H2,1-3H3,(H,15,17). The van der Waals surface area contributed by atoms with Crippen molar-refractivity contribution in [1.82, 2.24) is 10.3 Å². The molecule has 0 saturated heterocycles. The first kappa shape index (κ1) is 15.0. The number of amides is 1. The van der Waals surface area contributed by atoms with Gasteiger partial charge in [-0.3, -0.25) is 4.79 Å². The zero-order chi connectivity index (χ0) is 14.7. The molecule has 1 atom stereocenters. The highest BCUT2D eigenvalue weighted by molar-refractivity contribution is 7.11. The Morgan fingerprint density at radius 1 is 1.50 bits per heavy atom. The van der Waals surface area contributed by atoms with Gasteiger partial charge in [-0.2, -0.15) is 0 Å². The van der Waals surface area contributed by atoms with Crippen LogP contribution in [0.3, 0.4) is 0 Å². The van der Waals surface area contributed by atoms with Crippen LogP contribution >= 0.6 is 11.3 Å². The minimum atomic E-state index is -0.406. The van der Waals surface area contributed by atoms with E-state index in [1.807, 2.05) is 13.8 Å². The van der Waals surface area contributed by atoms with Gasteiger partial charge in [0.1, 0.15) is 0 Å². The predicted octanol–water partition coefficient (Wildman–Crippen LogP) is 1.94. The first-order chi connectivity index (χ1) is 9.52. The van der Waals surface area contributed by atoms with Crippen molar-refractivity contribution in [1.29, 1.82) is 0 Å². The molecule has 1 aliphatic carbocycles. The Kier molecular flexibility index (Phi) is 4.75. The summed E-state index contributed by atoms with van der Waals surface area (Å²) in [7, 11) is 1.35. The van der Waals surface area contributed by atoms with Crippen molar-refractivity contribution in [3.05, 3.63) is 15.6 Å². The molecule has 0 radical (unpaired) electrons. The monoisotopic (exact) mass is 296 g/mol. The van der Waals surface area contributed by atoms with Crippen molar-refractivity contribution >= 4 is 23.2 Å². The van der Waals surface area contributed by atoms with Gasteiger partial charge in [-0.1, -0.05) is 6.92 Å². The first-order valence-corrected chi connectivity index (χ1v) is 7.67. The lowest BCUT2D eigenvalue weighted by molar-refractivity contribution is -0.125. The van der Waals surface area contributed by atoms with E-state index in [1.54, 1.807) is 0 Å². The number of hydrogen-bond donors (Lipinski definition) is 1. The summed E-state index contributed by atoms with van der Waals surface area (Å²) in [5, 5.41) is 3.79. The molecule has 1 saturated carbocycles. The molecule has 5 nitrogen and oxygen atoms in total. The van der Waals surface area contributed by atoms with Crippen LogP contribution in [-0.2, 0) is 16.0 Å². The lowest BCUT2D eigenvalue weighted by atomic mass is 10.1. The zero-order valence-corrected chi connectivity index (χ0v) is 12.9. The van der Waals surface area contributed by atoms with E-state index in [0.29, 0.717) is 24.6 Å². The van der Waals surface area contributed by atoms with Gasteiger partial charge < -0.3 is 10.1 Å². The smallest absolute Gasteiger partial charge is 0.357 e. The Morgan fingerprint density at radius 3 is 2.80 bits per heavy atom. The number of hydrogen-bond acceptors (Lipinski definition) is 5. The Bertz CT molecular complexity index is 509. The molecule has 2 rings (SSSR count). The third-order valence-electron chi connectivity index (χ3n) is 3.60. The quantitative estimate of drug-likeness (QED) is 0.815. The van der Waals surface area contributed by atoms with Crippen molar-refractivity contribution in [3.63, 3.8) is 0 Å². The van der Waals surface area contributed by atoms with Gasteiger partial charge in [-0.05, 0) is 25.7 Å². The van der Waals surface area contributed by atoms with Crippen LogP contribution in [0.1, 0.15) is 40.1 Å². The average molecular weight is 296 g/mol. The number of aromatic nitrogens is 1. The number of nitrogens with one attached hydrogen (secondary N) is 1. The molecular weight excluding hydrogens is 276 g/mol. The molecule has 1 aromatic heterocycles. The van der Waals surface area contributed by atoms with Gasteiger partial charge in [0.2, 0.25) is 5.91 Å². The van der Waals surface area contributed by atoms with Gasteiger partial charge >= 0.3 is 5.97 Å². The summed E-state index contributed by atoms with van der Waals surface area (Å²) in [5.74, 6) is 0.395. The minimum absolute atomic E-state index is 0.110. The molecule has 6 heteroatoms. The predicted molar refractivity (Wildman–Crippen MR) is 76.8 cm³/mol. The third kappa shape index (κ3) is 3.56. The van der Waals surface area contributed by atoms with E-state index in [9.17, 15) is 9.59 Å². The van der Waals surface area contributed by atoms with Crippen molar-refractivity contribution in [2.75, 3.05) is 13.7 Å². The molecule has 1 aliphatic rings. The first-order valence-electron chi connectivity index (χ1n) is 6.85. The number of aryl methyl sites for hydroxylation is 1. The molecule has 1 heterocycles. The number of nitrogens with zero attached hydrogens (tertiary/aromatic N) is 1. The van der Waals surface area contributed by atoms with Crippen molar-refractivity contribution in [2.45, 2.75) is 33.1 Å². The maximum Gasteiger partial charge on any atom is 0.357 e. The van der Waals surface area contributed by atoms with E-state index in [-0.39, 0.29) is 11.8 Å². The highest BCUT2D eigenvalue weighted by Gasteiger charge is 2.32. The molecular formula is C14H20N2O3S. The van der Waals surface area contributed by atoms with Crippen LogP contribution in [0.25, 0.3) is 0 Å². The number of carbonyl (C=O) groups is 2. The molecule has 20 heavy (non-hydrogen) atoms. The van der Waals surface area contributed by atoms with Crippen molar-refractivity contribution < 1.29 is 14.3 Å². The average Bonchev–Trinajstić information content (AvgIpc) is 3.21. The van der Waals surface area contributed by atoms with Crippen molar-refractivity contribution in [3.8, 4) is 0 Å². The highest BCUT2D eigenvalue weighted by atomic mass is 32.1. The number of thiazole rings is 1. The van der Waals surface area contributed by atoms with Crippen LogP contribution in [0.2, 0.25) is 0 Å². The lowest BCUT2D eigenvalue weighted by Gasteiger charge is -2.10. The number of esters is 1. The molecule has 0 bridgehead atoms. The minimum Gasteiger partial charge on any atom is -0.464 e. The number of ether oxygens (including phenoxy) is 1. The summed E-state index contributed by atoms with van der Waals surface area (Å²) < 4.78 is 4.67. The van der Waals surface area contributed by atoms with Gasteiger partial charge in [0, 0.05) is 23.8 Å². The normalized spacial score (nSPS) is 15.8. The summed E-state index contributed by atoms with van der Waals surface area (Å²) in [6.07, 6.45) is 2.98. The van der Waals surface area contributed by atoms with Gasteiger partial charge in [0.25, 0.3) is 0 Å². The molecule has 0 aliphatic heterocycles. The number of carbonyl (C=O) groups excluding carboxylic acids is 2. The molecule has 110 valence electrons. The fourth-order valence-electron chi connectivity index (χ4n) is 2.11. The Hall–Kier alpha value is -1.43. The zero-order valence-electron chi connectivity index (χ0n) is 12.1. The Morgan fingerprint density at radius 2 is 2.20 bits per heavy atom. The molecule has 1 aromatic rings. The van der Waals surface area contributed by atoms with E-state index in [2.05, 4.69) is 15.0 Å². The third-order valence-corrected chi connectivity index (χ3v) is 4.63. The number of methoxy groups -OCH3 is 1. The van der Waals surface area contributed by atoms with Crippen LogP contribution in [0.5, 0.6) is 0 Å². The molecule has 1 fully saturated rings. The van der Waals surface area contributed by atoms with Crippen LogP contribution in [0.4, 0.5) is 0 Å². The van der Waals surface area contributed by atoms with E-state index < -0.39 is 5.97 Å². The molecule has 0 spiro atoms. The molecule has 1 amide bonds. The van der Waals surface area contributed by atoms with E-state index in [0.717, 1.165) is 9.88 Å². The lowest BCUT2D eigenvalue weighted by Crippen LogP contribution is -2.31. The fraction of sp³-hybridized carbons (Fsp3) is 0.643. The highest BCUT2D eigenvalue weighted by Crippen LogP contribution is 2.36. The second-order valence-corrected chi connectivity index (χ2v) is 6.46. The van der Waals surface area contributed by atoms with E-state index >= 15 is 0 Å². The SMILES string of the molecule is COC(=O)c1nc(CCNC(=O)C(C)C2CC2)sc1C. The summed E-state index contributed by atoms with van der Waals surface area (Å²) in [6, 6.07) is 0. The summed E-state index contributed by atoms with van der Waals surface area (Å²) in [4.78, 5) is 28.4. The largest absolute Gasteiger partial charge is 0.464 e. The Labute approximate surface area is 122 Å². The van der Waals surface area contributed by atoms with Gasteiger partial charge in [0.05, 0.1) is 12.1 Å². The fourth-order valence-corrected chi connectivity index (χ4v) is 3.03. The molecule has 1 unspecified atom stereocenters. The van der Waals surface area contributed by atoms with Gasteiger partial charge in [-0.15, -0.1) is 11.3 Å². The van der Waals surface area contributed by atoms with Crippen LogP contribution < -0.4 is 5.32 Å². The second kappa shape index (κ2) is 6.35. The maximum atomic E-state index is 11.8. The van der Waals surface area contributed by atoms with E-state index in [4.69, 9.17) is 0 Å². The Balaban J connectivity index is 1.82. The van der Waals surface area contributed by atoms with Crippen LogP contribution in [0.15, 0.2) is 0 Å². The molecule has 1 N–H and O–H groups in total. The van der Waals surface area contributed by atoms with Gasteiger partial charge in [-0.25, -0.2) is 9.78 Å². The van der Waals surface area contributed by atoms with Crippen molar-refractivity contribution in [2.24, 2.45) is 11.8 Å². The summed E-state index contributed by atoms with van der Waals surface area (Å²) >= 11 is 1.47. The number of rotatable bonds is 6. The summed E-state index contributed by atoms with van der Waals surface area (Å²) in [6.45, 7) is 4.39. The molecule has 0 aromatic carbocycles. The van der Waals surface area contributed by atoms with Crippen LogP contribution in [0, 0.1) is 18.8 Å². The summed E-state index contributed by atoms with van der Waals surface area (Å²) in [5.41, 5.74) is 0.380. The topological polar surface area (TPSA) is 68.3 Å². The van der Waals surface area contributed by atoms with E-state index in [1.165, 1.54) is 31.3 Å². The second-order valence-electron chi connectivity index (χ2n) is 5.17. The maximum absolute atomic E-state index is 11.8. The van der Waals surface area contributed by atoms with Gasteiger partial charge in [0.15, 0.2) is 5.69 Å².